The van der Waals surface area contributed by atoms with Gasteiger partial charge in [-0.05, 0) is 61.6 Å². The van der Waals surface area contributed by atoms with Gasteiger partial charge in [0.1, 0.15) is 0 Å². The van der Waals surface area contributed by atoms with Crippen LogP contribution in [0, 0.1) is 5.92 Å². The van der Waals surface area contributed by atoms with Crippen molar-refractivity contribution in [3.8, 4) is 11.1 Å². The third kappa shape index (κ3) is 5.55. The first-order chi connectivity index (χ1) is 13.2. The summed E-state index contributed by atoms with van der Waals surface area (Å²) in [6, 6.07) is 15.5. The summed E-state index contributed by atoms with van der Waals surface area (Å²) in [4.78, 5) is 12.8. The molecule has 4 nitrogen and oxygen atoms in total. The van der Waals surface area contributed by atoms with Crippen molar-refractivity contribution in [2.45, 2.75) is 25.3 Å². The molecule has 0 saturated carbocycles. The van der Waals surface area contributed by atoms with Crippen LogP contribution in [0.1, 0.15) is 29.6 Å². The normalized spacial score (nSPS) is 18.1. The van der Waals surface area contributed by atoms with Crippen LogP contribution in [0.25, 0.3) is 11.1 Å². The van der Waals surface area contributed by atoms with E-state index in [1.807, 2.05) is 55.6 Å². The first-order valence-electron chi connectivity index (χ1n) is 9.55. The molecule has 0 aromatic heterocycles. The van der Waals surface area contributed by atoms with Crippen molar-refractivity contribution in [2.24, 2.45) is 5.92 Å². The number of nitrogens with one attached hydrogen (secondary N) is 2. The van der Waals surface area contributed by atoms with Gasteiger partial charge in [-0.3, -0.25) is 4.79 Å². The Balaban J connectivity index is 1.65. The first kappa shape index (κ1) is 19.9. The van der Waals surface area contributed by atoms with Gasteiger partial charge in [0.05, 0.1) is 0 Å². The molecule has 2 atom stereocenters. The third-order valence-electron chi connectivity index (χ3n) is 5.10. The Morgan fingerprint density at radius 3 is 2.85 bits per heavy atom. The number of ether oxygens (including phenoxy) is 1. The Bertz CT molecular complexity index is 759. The van der Waals surface area contributed by atoms with Crippen LogP contribution in [0.3, 0.4) is 0 Å². The summed E-state index contributed by atoms with van der Waals surface area (Å²) < 4.78 is 5.57. The second kappa shape index (κ2) is 9.88. The zero-order chi connectivity index (χ0) is 19.1. The molecular formula is C22H27ClN2O2. The molecule has 5 heteroatoms. The van der Waals surface area contributed by atoms with Gasteiger partial charge in [-0.25, -0.2) is 0 Å². The molecule has 2 aromatic carbocycles. The number of amides is 1. The Labute approximate surface area is 166 Å². The van der Waals surface area contributed by atoms with E-state index < -0.39 is 0 Å². The maximum absolute atomic E-state index is 12.8. The standard InChI is InChI=1S/C22H27ClN2O2/c1-24-19(12-16-6-5-11-27-15-16)14-25-22(26)21-10-3-2-9-20(21)17-7-4-8-18(23)13-17/h2-4,7-10,13,16,19,24H,5-6,11-12,14-15H2,1H3,(H,25,26)/t16-,19-/m1/s1. The summed E-state index contributed by atoms with van der Waals surface area (Å²) in [6.45, 7) is 2.29. The van der Waals surface area contributed by atoms with Gasteiger partial charge in [0, 0.05) is 36.4 Å². The van der Waals surface area contributed by atoms with Gasteiger partial charge < -0.3 is 15.4 Å². The van der Waals surface area contributed by atoms with E-state index in [2.05, 4.69) is 10.6 Å². The summed E-state index contributed by atoms with van der Waals surface area (Å²) in [6.07, 6.45) is 3.33. The van der Waals surface area contributed by atoms with Crippen molar-refractivity contribution >= 4 is 17.5 Å². The highest BCUT2D eigenvalue weighted by Gasteiger charge is 2.20. The van der Waals surface area contributed by atoms with E-state index in [1.54, 1.807) is 0 Å². The topological polar surface area (TPSA) is 50.4 Å². The van der Waals surface area contributed by atoms with Crippen LogP contribution in [0.15, 0.2) is 48.5 Å². The Hall–Kier alpha value is -1.88. The highest BCUT2D eigenvalue weighted by atomic mass is 35.5. The van der Waals surface area contributed by atoms with Crippen molar-refractivity contribution in [2.75, 3.05) is 26.8 Å². The SMILES string of the molecule is CN[C@@H](CNC(=O)c1ccccc1-c1cccc(Cl)c1)C[C@H]1CCCOC1. The van der Waals surface area contributed by atoms with Crippen molar-refractivity contribution in [3.63, 3.8) is 0 Å². The molecule has 1 amide bonds. The van der Waals surface area contributed by atoms with E-state index in [9.17, 15) is 4.79 Å². The lowest BCUT2D eigenvalue weighted by Gasteiger charge is -2.26. The second-order valence-corrected chi connectivity index (χ2v) is 7.51. The number of likely N-dealkylation sites (N-methyl/N-ethyl adjacent to an activating group) is 1. The molecule has 0 radical (unpaired) electrons. The van der Waals surface area contributed by atoms with Gasteiger partial charge in [-0.15, -0.1) is 0 Å². The van der Waals surface area contributed by atoms with Crippen LogP contribution in [0.5, 0.6) is 0 Å². The molecule has 1 saturated heterocycles. The zero-order valence-electron chi connectivity index (χ0n) is 15.7. The van der Waals surface area contributed by atoms with E-state index in [0.29, 0.717) is 23.0 Å². The Kier molecular flexibility index (Phi) is 7.27. The fraction of sp³-hybridized carbons (Fsp3) is 0.409. The molecule has 1 fully saturated rings. The lowest BCUT2D eigenvalue weighted by molar-refractivity contribution is 0.0478. The summed E-state index contributed by atoms with van der Waals surface area (Å²) in [7, 11) is 1.94. The number of halogens is 1. The Morgan fingerprint density at radius 1 is 1.26 bits per heavy atom. The first-order valence-corrected chi connectivity index (χ1v) is 9.93. The fourth-order valence-electron chi connectivity index (χ4n) is 3.60. The lowest BCUT2D eigenvalue weighted by atomic mass is 9.94. The van der Waals surface area contributed by atoms with Crippen LogP contribution < -0.4 is 10.6 Å². The molecule has 2 N–H and O–H groups in total. The minimum Gasteiger partial charge on any atom is -0.381 e. The molecule has 144 valence electrons. The van der Waals surface area contributed by atoms with E-state index in [4.69, 9.17) is 16.3 Å². The van der Waals surface area contributed by atoms with Gasteiger partial charge >= 0.3 is 0 Å². The largest absolute Gasteiger partial charge is 0.381 e. The van der Waals surface area contributed by atoms with Gasteiger partial charge in [0.2, 0.25) is 0 Å². The smallest absolute Gasteiger partial charge is 0.251 e. The van der Waals surface area contributed by atoms with Crippen LogP contribution in [-0.2, 0) is 4.74 Å². The molecule has 2 aromatic rings. The number of benzene rings is 2. The van der Waals surface area contributed by atoms with Crippen molar-refractivity contribution < 1.29 is 9.53 Å². The second-order valence-electron chi connectivity index (χ2n) is 7.07. The van der Waals surface area contributed by atoms with Crippen LogP contribution in [0.4, 0.5) is 0 Å². The summed E-state index contributed by atoms with van der Waals surface area (Å²) in [5.41, 5.74) is 2.49. The number of carbonyl (C=O) groups excluding carboxylic acids is 1. The molecule has 1 heterocycles. The van der Waals surface area contributed by atoms with Crippen molar-refractivity contribution in [1.29, 1.82) is 0 Å². The lowest BCUT2D eigenvalue weighted by Crippen LogP contribution is -2.41. The van der Waals surface area contributed by atoms with E-state index in [-0.39, 0.29) is 11.9 Å². The maximum Gasteiger partial charge on any atom is 0.251 e. The van der Waals surface area contributed by atoms with Gasteiger partial charge in [0.15, 0.2) is 0 Å². The van der Waals surface area contributed by atoms with E-state index >= 15 is 0 Å². The van der Waals surface area contributed by atoms with E-state index in [0.717, 1.165) is 37.2 Å². The van der Waals surface area contributed by atoms with Crippen LogP contribution in [0.2, 0.25) is 5.02 Å². The third-order valence-corrected chi connectivity index (χ3v) is 5.33. The number of rotatable bonds is 7. The van der Waals surface area contributed by atoms with Gasteiger partial charge in [0.25, 0.3) is 5.91 Å². The monoisotopic (exact) mass is 386 g/mol. The van der Waals surface area contributed by atoms with Crippen LogP contribution >= 0.6 is 11.6 Å². The van der Waals surface area contributed by atoms with Gasteiger partial charge in [-0.1, -0.05) is 41.9 Å². The average molecular weight is 387 g/mol. The number of hydrogen-bond acceptors (Lipinski definition) is 3. The maximum atomic E-state index is 12.8. The zero-order valence-corrected chi connectivity index (χ0v) is 16.5. The highest BCUT2D eigenvalue weighted by Crippen LogP contribution is 2.26. The van der Waals surface area contributed by atoms with Crippen molar-refractivity contribution in [3.05, 3.63) is 59.1 Å². The van der Waals surface area contributed by atoms with Crippen LogP contribution in [-0.4, -0.2) is 38.8 Å². The summed E-state index contributed by atoms with van der Waals surface area (Å²) in [5.74, 6) is 0.498. The van der Waals surface area contributed by atoms with Crippen molar-refractivity contribution in [1.82, 2.24) is 10.6 Å². The molecule has 3 rings (SSSR count). The molecule has 0 aliphatic carbocycles. The number of carbonyl (C=O) groups is 1. The molecule has 1 aliphatic heterocycles. The predicted molar refractivity (Wildman–Crippen MR) is 110 cm³/mol. The minimum atomic E-state index is -0.0641. The van der Waals surface area contributed by atoms with Gasteiger partial charge in [-0.2, -0.15) is 0 Å². The highest BCUT2D eigenvalue weighted by molar-refractivity contribution is 6.30. The molecule has 27 heavy (non-hydrogen) atoms. The van der Waals surface area contributed by atoms with E-state index in [1.165, 1.54) is 6.42 Å². The molecular weight excluding hydrogens is 360 g/mol. The molecule has 0 spiro atoms. The molecule has 1 aliphatic rings. The molecule has 0 bridgehead atoms. The summed E-state index contributed by atoms with van der Waals surface area (Å²) >= 11 is 6.12. The quantitative estimate of drug-likeness (QED) is 0.751. The minimum absolute atomic E-state index is 0.0641. The Morgan fingerprint density at radius 2 is 2.11 bits per heavy atom. The fourth-order valence-corrected chi connectivity index (χ4v) is 3.79. The predicted octanol–water partition coefficient (Wildman–Crippen LogP) is 4.14. The molecule has 0 unspecified atom stereocenters. The number of hydrogen-bond donors (Lipinski definition) is 2. The summed E-state index contributed by atoms with van der Waals surface area (Å²) in [5, 5.41) is 7.07. The average Bonchev–Trinajstić information content (AvgIpc) is 2.71.